The number of nitriles is 1. The molecule has 0 unspecified atom stereocenters. The predicted octanol–water partition coefficient (Wildman–Crippen LogP) is 2.13. The molecular formula is C12H11N3O3S2. The maximum Gasteiger partial charge on any atom is 0.273 e. The van der Waals surface area contributed by atoms with E-state index in [1.165, 1.54) is 19.4 Å². The second kappa shape index (κ2) is 5.48. The van der Waals surface area contributed by atoms with Crippen LogP contribution >= 0.6 is 11.3 Å². The molecule has 20 heavy (non-hydrogen) atoms. The molecule has 1 heterocycles. The van der Waals surface area contributed by atoms with Gasteiger partial charge in [0.05, 0.1) is 23.9 Å². The topological polar surface area (TPSA) is 92.1 Å². The van der Waals surface area contributed by atoms with E-state index in [-0.39, 0.29) is 21.2 Å². The first-order valence-electron chi connectivity index (χ1n) is 5.50. The van der Waals surface area contributed by atoms with Gasteiger partial charge in [-0.2, -0.15) is 5.26 Å². The van der Waals surface area contributed by atoms with Gasteiger partial charge in [0, 0.05) is 0 Å². The summed E-state index contributed by atoms with van der Waals surface area (Å²) in [4.78, 5) is 3.91. The minimum atomic E-state index is -3.78. The minimum Gasteiger partial charge on any atom is -0.495 e. The van der Waals surface area contributed by atoms with Crippen LogP contribution in [0.1, 0.15) is 10.6 Å². The van der Waals surface area contributed by atoms with E-state index in [1.54, 1.807) is 19.1 Å². The molecular weight excluding hydrogens is 298 g/mol. The largest absolute Gasteiger partial charge is 0.495 e. The number of methoxy groups -OCH3 is 1. The Morgan fingerprint density at radius 1 is 1.45 bits per heavy atom. The summed E-state index contributed by atoms with van der Waals surface area (Å²) in [6, 6.07) is 6.64. The van der Waals surface area contributed by atoms with E-state index in [0.717, 1.165) is 11.3 Å². The van der Waals surface area contributed by atoms with Crippen LogP contribution in [0, 0.1) is 18.3 Å². The number of anilines is 1. The molecule has 0 atom stereocenters. The summed E-state index contributed by atoms with van der Waals surface area (Å²) in [6.07, 6.45) is 1.28. The van der Waals surface area contributed by atoms with E-state index in [2.05, 4.69) is 9.71 Å². The Labute approximate surface area is 120 Å². The van der Waals surface area contributed by atoms with Crippen LogP contribution in [-0.2, 0) is 10.0 Å². The molecule has 8 heteroatoms. The van der Waals surface area contributed by atoms with E-state index in [1.807, 2.05) is 6.07 Å². The first kappa shape index (κ1) is 14.3. The fraction of sp³-hybridized carbons (Fsp3) is 0.167. The molecule has 0 radical (unpaired) electrons. The van der Waals surface area contributed by atoms with Crippen LogP contribution in [0.15, 0.2) is 28.6 Å². The molecule has 0 amide bonds. The molecule has 2 rings (SSSR count). The number of nitrogens with zero attached hydrogens (tertiary/aromatic N) is 2. The van der Waals surface area contributed by atoms with Crippen molar-refractivity contribution in [1.82, 2.24) is 4.98 Å². The summed E-state index contributed by atoms with van der Waals surface area (Å²) in [5.74, 6) is 0.286. The lowest BCUT2D eigenvalue weighted by Gasteiger charge is -2.11. The number of benzene rings is 1. The maximum absolute atomic E-state index is 12.2. The van der Waals surface area contributed by atoms with Crippen LogP contribution in [0.3, 0.4) is 0 Å². The van der Waals surface area contributed by atoms with Gasteiger partial charge in [0.2, 0.25) is 0 Å². The Balaban J connectivity index is 2.47. The Kier molecular flexibility index (Phi) is 3.92. The molecule has 0 aliphatic carbocycles. The Hall–Kier alpha value is -2.11. The SMILES string of the molecule is COc1cccc(C#N)c1NS(=O)(=O)c1cnc(C)s1. The summed E-state index contributed by atoms with van der Waals surface area (Å²) < 4.78 is 32.0. The molecule has 0 aliphatic heterocycles. The van der Waals surface area contributed by atoms with Crippen molar-refractivity contribution in [3.05, 3.63) is 35.0 Å². The molecule has 0 saturated heterocycles. The van der Waals surface area contributed by atoms with Crippen molar-refractivity contribution in [3.63, 3.8) is 0 Å². The van der Waals surface area contributed by atoms with Crippen LogP contribution in [-0.4, -0.2) is 20.5 Å². The van der Waals surface area contributed by atoms with Crippen LogP contribution < -0.4 is 9.46 Å². The van der Waals surface area contributed by atoms with E-state index in [4.69, 9.17) is 10.00 Å². The van der Waals surface area contributed by atoms with Gasteiger partial charge >= 0.3 is 0 Å². The van der Waals surface area contributed by atoms with Crippen molar-refractivity contribution in [1.29, 1.82) is 5.26 Å². The van der Waals surface area contributed by atoms with Crippen LogP contribution in [0.5, 0.6) is 5.75 Å². The number of para-hydroxylation sites is 1. The zero-order valence-electron chi connectivity index (χ0n) is 10.7. The normalized spacial score (nSPS) is 10.8. The zero-order valence-corrected chi connectivity index (χ0v) is 12.4. The molecule has 6 nitrogen and oxygen atoms in total. The van der Waals surface area contributed by atoms with Gasteiger partial charge in [-0.1, -0.05) is 6.07 Å². The number of sulfonamides is 1. The highest BCUT2D eigenvalue weighted by Crippen LogP contribution is 2.31. The number of hydrogen-bond acceptors (Lipinski definition) is 6. The number of ether oxygens (including phenoxy) is 1. The summed E-state index contributed by atoms with van der Waals surface area (Å²) >= 11 is 1.06. The van der Waals surface area contributed by atoms with Crippen molar-refractivity contribution >= 4 is 27.0 Å². The highest BCUT2D eigenvalue weighted by molar-refractivity contribution is 7.94. The Morgan fingerprint density at radius 3 is 2.75 bits per heavy atom. The van der Waals surface area contributed by atoms with Crippen LogP contribution in [0.2, 0.25) is 0 Å². The van der Waals surface area contributed by atoms with Gasteiger partial charge in [0.15, 0.2) is 4.21 Å². The average molecular weight is 309 g/mol. The minimum absolute atomic E-state index is 0.0878. The standard InChI is InChI=1S/C12H11N3O3S2/c1-8-14-7-11(19-8)20(16,17)15-12-9(6-13)4-3-5-10(12)18-2/h3-5,7,15H,1-2H3. The molecule has 104 valence electrons. The van der Waals surface area contributed by atoms with Crippen molar-refractivity contribution < 1.29 is 13.2 Å². The van der Waals surface area contributed by atoms with Crippen LogP contribution in [0.4, 0.5) is 5.69 Å². The molecule has 0 aliphatic rings. The summed E-state index contributed by atoms with van der Waals surface area (Å²) in [6.45, 7) is 1.72. The molecule has 0 fully saturated rings. The third-order valence-corrected chi connectivity index (χ3v) is 5.19. The molecule has 1 N–H and O–H groups in total. The highest BCUT2D eigenvalue weighted by Gasteiger charge is 2.21. The number of aryl methyl sites for hydroxylation is 1. The second-order valence-corrected chi connectivity index (χ2v) is 6.94. The van der Waals surface area contributed by atoms with Gasteiger partial charge in [0.1, 0.15) is 17.5 Å². The second-order valence-electron chi connectivity index (χ2n) is 3.80. The molecule has 1 aromatic heterocycles. The Bertz CT molecular complexity index is 775. The fourth-order valence-electron chi connectivity index (χ4n) is 1.55. The molecule has 2 aromatic rings. The summed E-state index contributed by atoms with van der Waals surface area (Å²) in [5.41, 5.74) is 0.317. The fourth-order valence-corrected chi connectivity index (χ4v) is 3.75. The monoisotopic (exact) mass is 309 g/mol. The molecule has 0 spiro atoms. The molecule has 0 saturated carbocycles. The van der Waals surface area contributed by atoms with Gasteiger partial charge in [-0.05, 0) is 19.1 Å². The first-order chi connectivity index (χ1) is 9.47. The number of aromatic nitrogens is 1. The zero-order chi connectivity index (χ0) is 14.8. The predicted molar refractivity (Wildman–Crippen MR) is 75.4 cm³/mol. The van der Waals surface area contributed by atoms with Gasteiger partial charge < -0.3 is 4.74 Å². The maximum atomic E-state index is 12.2. The third-order valence-electron chi connectivity index (χ3n) is 2.47. The van der Waals surface area contributed by atoms with Crippen LogP contribution in [0.25, 0.3) is 0 Å². The number of rotatable bonds is 4. The van der Waals surface area contributed by atoms with Crippen molar-refractivity contribution in [2.45, 2.75) is 11.1 Å². The summed E-state index contributed by atoms with van der Waals surface area (Å²) in [5, 5.41) is 9.70. The lowest BCUT2D eigenvalue weighted by molar-refractivity contribution is 0.417. The smallest absolute Gasteiger partial charge is 0.273 e. The number of thiazole rings is 1. The van der Waals surface area contributed by atoms with E-state index in [0.29, 0.717) is 5.01 Å². The average Bonchev–Trinajstić information content (AvgIpc) is 2.86. The molecule has 1 aromatic carbocycles. The lowest BCUT2D eigenvalue weighted by Crippen LogP contribution is -2.13. The Morgan fingerprint density at radius 2 is 2.20 bits per heavy atom. The van der Waals surface area contributed by atoms with Crippen molar-refractivity contribution in [2.24, 2.45) is 0 Å². The van der Waals surface area contributed by atoms with Gasteiger partial charge in [-0.25, -0.2) is 13.4 Å². The van der Waals surface area contributed by atoms with Gasteiger partial charge in [-0.15, -0.1) is 11.3 Å². The van der Waals surface area contributed by atoms with Gasteiger partial charge in [0.25, 0.3) is 10.0 Å². The van der Waals surface area contributed by atoms with Crippen molar-refractivity contribution in [3.8, 4) is 11.8 Å². The van der Waals surface area contributed by atoms with Crippen molar-refractivity contribution in [2.75, 3.05) is 11.8 Å². The van der Waals surface area contributed by atoms with Gasteiger partial charge in [-0.3, -0.25) is 4.72 Å². The third kappa shape index (κ3) is 2.74. The quantitative estimate of drug-likeness (QED) is 0.934. The lowest BCUT2D eigenvalue weighted by atomic mass is 10.2. The van der Waals surface area contributed by atoms with E-state index >= 15 is 0 Å². The molecule has 0 bridgehead atoms. The van der Waals surface area contributed by atoms with E-state index < -0.39 is 10.0 Å². The highest BCUT2D eigenvalue weighted by atomic mass is 32.2. The first-order valence-corrected chi connectivity index (χ1v) is 7.80. The number of hydrogen-bond donors (Lipinski definition) is 1. The van der Waals surface area contributed by atoms with E-state index in [9.17, 15) is 8.42 Å². The summed E-state index contributed by atoms with van der Waals surface area (Å²) in [7, 11) is -2.37. The number of nitrogens with one attached hydrogen (secondary N) is 1.